The van der Waals surface area contributed by atoms with Gasteiger partial charge in [0, 0.05) is 11.6 Å². The van der Waals surface area contributed by atoms with Gasteiger partial charge in [-0.2, -0.15) is 5.26 Å². The van der Waals surface area contributed by atoms with Crippen molar-refractivity contribution in [2.75, 3.05) is 6.61 Å². The number of allylic oxidation sites excluding steroid dienone is 1. The Bertz CT molecular complexity index is 1660. The number of halogens is 1. The van der Waals surface area contributed by atoms with Crippen molar-refractivity contribution in [1.29, 1.82) is 5.26 Å². The molecule has 1 aliphatic heterocycles. The van der Waals surface area contributed by atoms with Crippen LogP contribution in [0.1, 0.15) is 52.7 Å². The van der Waals surface area contributed by atoms with Gasteiger partial charge in [-0.05, 0) is 66.1 Å². The predicted octanol–water partition coefficient (Wildman–Crippen LogP) is 7.02. The van der Waals surface area contributed by atoms with Crippen molar-refractivity contribution < 1.29 is 28.1 Å². The molecule has 0 radical (unpaired) electrons. The fraction of sp³-hybridized carbons (Fsp3) is 0.176. The van der Waals surface area contributed by atoms with Crippen LogP contribution in [-0.2, 0) is 6.61 Å². The lowest BCUT2D eigenvalue weighted by atomic mass is 9.83. The summed E-state index contributed by atoms with van der Waals surface area (Å²) in [5, 5.41) is 9.94. The highest BCUT2D eigenvalue weighted by atomic mass is 19.1. The number of carbonyl (C=O) groups excluding carboxylic acids is 1. The SMILES string of the molecule is CCCCOc1cccc(C(=O)Oc2ccc3c(c2)OC(N)=C(C#N)C3c2cccc(OCc3ccc(F)cc3)c2)c1. The van der Waals surface area contributed by atoms with E-state index in [4.69, 9.17) is 24.7 Å². The maximum atomic E-state index is 13.2. The quantitative estimate of drug-likeness (QED) is 0.125. The molecule has 42 heavy (non-hydrogen) atoms. The van der Waals surface area contributed by atoms with Gasteiger partial charge in [-0.3, -0.25) is 0 Å². The van der Waals surface area contributed by atoms with Gasteiger partial charge in [-0.1, -0.05) is 49.7 Å². The van der Waals surface area contributed by atoms with Crippen molar-refractivity contribution in [3.05, 3.63) is 131 Å². The third kappa shape index (κ3) is 6.53. The highest BCUT2D eigenvalue weighted by Crippen LogP contribution is 2.44. The van der Waals surface area contributed by atoms with Crippen LogP contribution in [0.4, 0.5) is 4.39 Å². The van der Waals surface area contributed by atoms with E-state index in [1.165, 1.54) is 12.1 Å². The molecule has 5 rings (SSSR count). The first-order valence-corrected chi connectivity index (χ1v) is 13.6. The first-order valence-electron chi connectivity index (χ1n) is 13.6. The van der Waals surface area contributed by atoms with E-state index in [-0.39, 0.29) is 29.6 Å². The van der Waals surface area contributed by atoms with Crippen molar-refractivity contribution in [3.8, 4) is 29.1 Å². The van der Waals surface area contributed by atoms with Crippen LogP contribution in [0.3, 0.4) is 0 Å². The summed E-state index contributed by atoms with van der Waals surface area (Å²) in [6, 6.07) is 27.4. The number of benzene rings is 4. The van der Waals surface area contributed by atoms with Gasteiger partial charge in [-0.15, -0.1) is 0 Å². The zero-order valence-electron chi connectivity index (χ0n) is 23.0. The summed E-state index contributed by atoms with van der Waals surface area (Å²) in [6.07, 6.45) is 1.93. The molecule has 4 aromatic rings. The molecule has 1 heterocycles. The molecule has 212 valence electrons. The standard InChI is InChI=1S/C34H29FN2O5/c1-2-3-16-39-26-8-5-7-24(18-26)34(38)41-28-14-15-29-31(19-28)42-33(37)30(20-36)32(29)23-6-4-9-27(17-23)40-21-22-10-12-25(35)13-11-22/h4-15,17-19,32H,2-3,16,21,37H2,1H3. The van der Waals surface area contributed by atoms with Gasteiger partial charge in [0.2, 0.25) is 5.88 Å². The van der Waals surface area contributed by atoms with Crippen LogP contribution in [-0.4, -0.2) is 12.6 Å². The summed E-state index contributed by atoms with van der Waals surface area (Å²) in [5.41, 5.74) is 9.05. The topological polar surface area (TPSA) is 104 Å². The molecular weight excluding hydrogens is 535 g/mol. The number of unbranched alkanes of at least 4 members (excludes halogenated alkanes) is 1. The Morgan fingerprint density at radius 1 is 0.952 bits per heavy atom. The fourth-order valence-corrected chi connectivity index (χ4v) is 4.59. The Morgan fingerprint density at radius 3 is 2.48 bits per heavy atom. The number of esters is 1. The second-order valence-electron chi connectivity index (χ2n) is 9.73. The van der Waals surface area contributed by atoms with Crippen molar-refractivity contribution in [2.45, 2.75) is 32.3 Å². The summed E-state index contributed by atoms with van der Waals surface area (Å²) in [7, 11) is 0. The van der Waals surface area contributed by atoms with Gasteiger partial charge in [0.1, 0.15) is 47.1 Å². The normalized spacial score (nSPS) is 13.9. The van der Waals surface area contributed by atoms with Crippen LogP contribution in [0, 0.1) is 17.1 Å². The van der Waals surface area contributed by atoms with Crippen LogP contribution >= 0.6 is 0 Å². The molecular formula is C34H29FN2O5. The molecule has 1 atom stereocenters. The summed E-state index contributed by atoms with van der Waals surface area (Å²) < 4.78 is 36.3. The highest BCUT2D eigenvalue weighted by molar-refractivity contribution is 5.91. The molecule has 0 fully saturated rings. The van der Waals surface area contributed by atoms with E-state index in [0.717, 1.165) is 24.0 Å². The number of ether oxygens (including phenoxy) is 4. The van der Waals surface area contributed by atoms with Gasteiger partial charge in [-0.25, -0.2) is 9.18 Å². The molecule has 7 nitrogen and oxygen atoms in total. The van der Waals surface area contributed by atoms with E-state index < -0.39 is 11.9 Å². The van der Waals surface area contributed by atoms with E-state index in [1.807, 2.05) is 18.2 Å². The van der Waals surface area contributed by atoms with Crippen molar-refractivity contribution in [3.63, 3.8) is 0 Å². The first-order chi connectivity index (χ1) is 20.4. The second-order valence-corrected chi connectivity index (χ2v) is 9.73. The van der Waals surface area contributed by atoms with Gasteiger partial charge < -0.3 is 24.7 Å². The summed E-state index contributed by atoms with van der Waals surface area (Å²) in [6.45, 7) is 2.90. The predicted molar refractivity (Wildman–Crippen MR) is 155 cm³/mol. The average molecular weight is 565 g/mol. The summed E-state index contributed by atoms with van der Waals surface area (Å²) in [5.74, 6) is 0.383. The molecule has 0 spiro atoms. The number of hydrogen-bond donors (Lipinski definition) is 1. The number of nitrogens with zero attached hydrogens (tertiary/aromatic N) is 1. The minimum absolute atomic E-state index is 0.0342. The lowest BCUT2D eigenvalue weighted by Crippen LogP contribution is -2.21. The Hall–Kier alpha value is -5.29. The zero-order valence-corrected chi connectivity index (χ0v) is 23.0. The van der Waals surface area contributed by atoms with E-state index in [9.17, 15) is 14.4 Å². The molecule has 0 aromatic heterocycles. The Balaban J connectivity index is 1.36. The lowest BCUT2D eigenvalue weighted by molar-refractivity contribution is 0.0734. The third-order valence-corrected chi connectivity index (χ3v) is 6.75. The number of nitriles is 1. The van der Waals surface area contributed by atoms with Crippen LogP contribution in [0.25, 0.3) is 0 Å². The molecule has 2 N–H and O–H groups in total. The summed E-state index contributed by atoms with van der Waals surface area (Å²) in [4.78, 5) is 12.9. The highest BCUT2D eigenvalue weighted by Gasteiger charge is 2.31. The third-order valence-electron chi connectivity index (χ3n) is 6.75. The van der Waals surface area contributed by atoms with E-state index in [1.54, 1.807) is 60.7 Å². The van der Waals surface area contributed by atoms with Crippen LogP contribution < -0.4 is 24.7 Å². The molecule has 8 heteroatoms. The van der Waals surface area contributed by atoms with Gasteiger partial charge in [0.25, 0.3) is 0 Å². The smallest absolute Gasteiger partial charge is 0.343 e. The number of hydrogen-bond acceptors (Lipinski definition) is 7. The van der Waals surface area contributed by atoms with Gasteiger partial charge >= 0.3 is 5.97 Å². The monoisotopic (exact) mass is 564 g/mol. The lowest BCUT2D eigenvalue weighted by Gasteiger charge is -2.27. The van der Waals surface area contributed by atoms with Crippen LogP contribution in [0.15, 0.2) is 102 Å². The van der Waals surface area contributed by atoms with Crippen LogP contribution in [0.5, 0.6) is 23.0 Å². The Morgan fingerprint density at radius 2 is 1.71 bits per heavy atom. The molecule has 1 aliphatic rings. The zero-order chi connectivity index (χ0) is 29.5. The number of nitrogens with two attached hydrogens (primary N) is 1. The molecule has 0 saturated heterocycles. The Kier molecular flexibility index (Phi) is 8.69. The Labute approximate surface area is 243 Å². The van der Waals surface area contributed by atoms with Gasteiger partial charge in [0.05, 0.1) is 18.1 Å². The van der Waals surface area contributed by atoms with Crippen LogP contribution in [0.2, 0.25) is 0 Å². The first kappa shape index (κ1) is 28.2. The average Bonchev–Trinajstić information content (AvgIpc) is 3.00. The largest absolute Gasteiger partial charge is 0.494 e. The summed E-state index contributed by atoms with van der Waals surface area (Å²) >= 11 is 0. The number of rotatable bonds is 10. The maximum Gasteiger partial charge on any atom is 0.343 e. The molecule has 1 unspecified atom stereocenters. The van der Waals surface area contributed by atoms with Crippen molar-refractivity contribution >= 4 is 5.97 Å². The second kappa shape index (κ2) is 12.9. The molecule has 0 saturated carbocycles. The molecule has 0 aliphatic carbocycles. The fourth-order valence-electron chi connectivity index (χ4n) is 4.59. The van der Waals surface area contributed by atoms with E-state index in [0.29, 0.717) is 35.0 Å². The van der Waals surface area contributed by atoms with Crippen molar-refractivity contribution in [1.82, 2.24) is 0 Å². The van der Waals surface area contributed by atoms with E-state index >= 15 is 0 Å². The van der Waals surface area contributed by atoms with E-state index in [2.05, 4.69) is 13.0 Å². The van der Waals surface area contributed by atoms with Crippen molar-refractivity contribution in [2.24, 2.45) is 5.73 Å². The minimum atomic E-state index is -0.546. The maximum absolute atomic E-state index is 13.2. The molecule has 0 amide bonds. The number of carbonyl (C=O) groups is 1. The number of fused-ring (bicyclic) bond motifs is 1. The molecule has 0 bridgehead atoms. The minimum Gasteiger partial charge on any atom is -0.494 e. The molecule has 4 aromatic carbocycles. The van der Waals surface area contributed by atoms with Gasteiger partial charge in [0.15, 0.2) is 0 Å².